The van der Waals surface area contributed by atoms with E-state index in [9.17, 15) is 0 Å². The number of aromatic nitrogens is 3. The minimum Gasteiger partial charge on any atom is -0.441 e. The van der Waals surface area contributed by atoms with Crippen LogP contribution in [-0.2, 0) is 7.05 Å². The lowest BCUT2D eigenvalue weighted by Gasteiger charge is -2.03. The molecule has 0 bridgehead atoms. The molecule has 0 radical (unpaired) electrons. The Morgan fingerprint density at radius 3 is 2.78 bits per heavy atom. The molecule has 0 unspecified atom stereocenters. The maximum atomic E-state index is 6.08. The molecule has 6 heteroatoms. The first kappa shape index (κ1) is 11.1. The highest BCUT2D eigenvalue weighted by Gasteiger charge is 2.14. The first-order valence-corrected chi connectivity index (χ1v) is 5.79. The zero-order valence-electron chi connectivity index (χ0n) is 9.94. The van der Waals surface area contributed by atoms with E-state index < -0.39 is 0 Å². The van der Waals surface area contributed by atoms with Crippen molar-refractivity contribution in [1.82, 2.24) is 14.5 Å². The van der Waals surface area contributed by atoms with Gasteiger partial charge >= 0.3 is 0 Å². The van der Waals surface area contributed by atoms with E-state index >= 15 is 0 Å². The Bertz CT molecular complexity index is 744. The molecule has 3 rings (SSSR count). The highest BCUT2D eigenvalue weighted by molar-refractivity contribution is 6.32. The molecule has 0 spiro atoms. The minimum absolute atomic E-state index is 0.379. The van der Waals surface area contributed by atoms with Crippen molar-refractivity contribution < 1.29 is 4.42 Å². The Morgan fingerprint density at radius 1 is 1.33 bits per heavy atom. The zero-order chi connectivity index (χ0) is 12.9. The summed E-state index contributed by atoms with van der Waals surface area (Å²) < 4.78 is 7.24. The number of rotatable bonds is 1. The first-order chi connectivity index (χ1) is 8.56. The zero-order valence-corrected chi connectivity index (χ0v) is 10.7. The standard InChI is InChI=1S/C12H11ClN4O/c1-6-15-8-4-3-7(5-9(8)18-6)10-11(13)16-12(14)17(10)2/h3-5H,1-2H3,(H2,14,16). The van der Waals surface area contributed by atoms with Gasteiger partial charge in [-0.05, 0) is 12.1 Å². The van der Waals surface area contributed by atoms with E-state index in [1.165, 1.54) is 0 Å². The van der Waals surface area contributed by atoms with Gasteiger partial charge in [0.05, 0.1) is 5.69 Å². The predicted molar refractivity (Wildman–Crippen MR) is 70.4 cm³/mol. The van der Waals surface area contributed by atoms with Gasteiger partial charge in [0.15, 0.2) is 16.6 Å². The number of nitrogen functional groups attached to an aromatic ring is 1. The van der Waals surface area contributed by atoms with Crippen LogP contribution >= 0.6 is 11.6 Å². The van der Waals surface area contributed by atoms with Crippen molar-refractivity contribution in [3.05, 3.63) is 29.2 Å². The van der Waals surface area contributed by atoms with E-state index in [0.717, 1.165) is 22.4 Å². The van der Waals surface area contributed by atoms with E-state index in [1.807, 2.05) is 32.2 Å². The molecule has 0 atom stereocenters. The number of halogens is 1. The van der Waals surface area contributed by atoms with E-state index in [4.69, 9.17) is 21.8 Å². The van der Waals surface area contributed by atoms with Crippen LogP contribution in [0.3, 0.4) is 0 Å². The van der Waals surface area contributed by atoms with Crippen molar-refractivity contribution in [3.63, 3.8) is 0 Å². The third-order valence-electron chi connectivity index (χ3n) is 2.86. The van der Waals surface area contributed by atoms with Crippen molar-refractivity contribution in [2.24, 2.45) is 7.05 Å². The molecule has 2 N–H and O–H groups in total. The van der Waals surface area contributed by atoms with Gasteiger partial charge in [-0.15, -0.1) is 0 Å². The fourth-order valence-electron chi connectivity index (χ4n) is 1.98. The summed E-state index contributed by atoms with van der Waals surface area (Å²) in [5, 5.41) is 0.380. The van der Waals surface area contributed by atoms with Gasteiger partial charge in [0.2, 0.25) is 5.95 Å². The van der Waals surface area contributed by atoms with Crippen LogP contribution in [0.1, 0.15) is 5.89 Å². The van der Waals surface area contributed by atoms with Gasteiger partial charge in [0.25, 0.3) is 0 Å². The Morgan fingerprint density at radius 2 is 2.11 bits per heavy atom. The number of nitrogens with two attached hydrogens (primary N) is 1. The number of aryl methyl sites for hydroxylation is 1. The third kappa shape index (κ3) is 1.55. The average Bonchev–Trinajstić information content (AvgIpc) is 2.78. The summed E-state index contributed by atoms with van der Waals surface area (Å²) in [4.78, 5) is 8.28. The van der Waals surface area contributed by atoms with Gasteiger partial charge in [-0.1, -0.05) is 17.7 Å². The smallest absolute Gasteiger partial charge is 0.201 e. The van der Waals surface area contributed by atoms with Crippen molar-refractivity contribution >= 4 is 28.6 Å². The molecule has 5 nitrogen and oxygen atoms in total. The number of anilines is 1. The number of hydrogen-bond donors (Lipinski definition) is 1. The molecule has 2 aromatic heterocycles. The number of fused-ring (bicyclic) bond motifs is 1. The molecule has 0 saturated carbocycles. The number of benzene rings is 1. The van der Waals surface area contributed by atoms with Gasteiger partial charge in [0, 0.05) is 19.5 Å². The summed E-state index contributed by atoms with van der Waals surface area (Å²) in [7, 11) is 1.82. The Hall–Kier alpha value is -2.01. The topological polar surface area (TPSA) is 69.9 Å². The van der Waals surface area contributed by atoms with Crippen LogP contribution in [0, 0.1) is 6.92 Å². The summed E-state index contributed by atoms with van der Waals surface area (Å²) >= 11 is 6.08. The van der Waals surface area contributed by atoms with Gasteiger partial charge in [-0.2, -0.15) is 0 Å². The summed E-state index contributed by atoms with van der Waals surface area (Å²) in [5.41, 5.74) is 8.94. The summed E-state index contributed by atoms with van der Waals surface area (Å²) in [6, 6.07) is 5.70. The van der Waals surface area contributed by atoms with E-state index in [1.54, 1.807) is 4.57 Å². The predicted octanol–water partition coefficient (Wildman–Crippen LogP) is 2.77. The lowest BCUT2D eigenvalue weighted by atomic mass is 10.1. The molecule has 3 aromatic rings. The highest BCUT2D eigenvalue weighted by atomic mass is 35.5. The monoisotopic (exact) mass is 262 g/mol. The van der Waals surface area contributed by atoms with Gasteiger partial charge in [-0.3, -0.25) is 0 Å². The van der Waals surface area contributed by atoms with Gasteiger partial charge < -0.3 is 14.7 Å². The number of imidazole rings is 1. The van der Waals surface area contributed by atoms with Crippen LogP contribution in [-0.4, -0.2) is 14.5 Å². The van der Waals surface area contributed by atoms with Gasteiger partial charge in [0.1, 0.15) is 5.52 Å². The molecule has 2 heterocycles. The number of oxazole rings is 1. The molecule has 18 heavy (non-hydrogen) atoms. The second-order valence-electron chi connectivity index (χ2n) is 4.08. The molecule has 0 amide bonds. The second kappa shape index (κ2) is 3.74. The third-order valence-corrected chi connectivity index (χ3v) is 3.12. The Balaban J connectivity index is 2.24. The van der Waals surface area contributed by atoms with Gasteiger partial charge in [-0.25, -0.2) is 9.97 Å². The fourth-order valence-corrected chi connectivity index (χ4v) is 2.30. The van der Waals surface area contributed by atoms with Crippen LogP contribution in [0.25, 0.3) is 22.4 Å². The van der Waals surface area contributed by atoms with Crippen molar-refractivity contribution in [3.8, 4) is 11.3 Å². The average molecular weight is 263 g/mol. The maximum absolute atomic E-state index is 6.08. The summed E-state index contributed by atoms with van der Waals surface area (Å²) in [6.07, 6.45) is 0. The van der Waals surface area contributed by atoms with Crippen LogP contribution in [0.4, 0.5) is 5.95 Å². The van der Waals surface area contributed by atoms with E-state index in [2.05, 4.69) is 9.97 Å². The molecule has 0 aliphatic heterocycles. The summed E-state index contributed by atoms with van der Waals surface area (Å²) in [5.74, 6) is 1.02. The molecule has 0 aliphatic carbocycles. The summed E-state index contributed by atoms with van der Waals surface area (Å²) in [6.45, 7) is 1.81. The lowest BCUT2D eigenvalue weighted by molar-refractivity contribution is 0.561. The van der Waals surface area contributed by atoms with E-state index in [-0.39, 0.29) is 0 Å². The molecule has 0 saturated heterocycles. The second-order valence-corrected chi connectivity index (χ2v) is 4.44. The van der Waals surface area contributed by atoms with Crippen LogP contribution < -0.4 is 5.73 Å². The molecule has 92 valence electrons. The van der Waals surface area contributed by atoms with Crippen molar-refractivity contribution in [2.75, 3.05) is 5.73 Å². The SMILES string of the molecule is Cc1nc2ccc(-c3c(Cl)nc(N)n3C)cc2o1. The highest BCUT2D eigenvalue weighted by Crippen LogP contribution is 2.31. The molecule has 0 aliphatic rings. The normalized spacial score (nSPS) is 11.3. The fraction of sp³-hybridized carbons (Fsp3) is 0.167. The van der Waals surface area contributed by atoms with Crippen LogP contribution in [0.2, 0.25) is 5.15 Å². The first-order valence-electron chi connectivity index (χ1n) is 5.41. The molecule has 0 fully saturated rings. The molecule has 1 aromatic carbocycles. The van der Waals surface area contributed by atoms with Crippen molar-refractivity contribution in [1.29, 1.82) is 0 Å². The van der Waals surface area contributed by atoms with Crippen LogP contribution in [0.5, 0.6) is 0 Å². The van der Waals surface area contributed by atoms with Crippen molar-refractivity contribution in [2.45, 2.75) is 6.92 Å². The minimum atomic E-state index is 0.379. The quantitative estimate of drug-likeness (QED) is 0.732. The maximum Gasteiger partial charge on any atom is 0.201 e. The molecular weight excluding hydrogens is 252 g/mol. The number of hydrogen-bond acceptors (Lipinski definition) is 4. The van der Waals surface area contributed by atoms with Crippen LogP contribution in [0.15, 0.2) is 22.6 Å². The molecular formula is C12H11ClN4O. The lowest BCUT2D eigenvalue weighted by Crippen LogP contribution is -1.98. The Kier molecular flexibility index (Phi) is 2.31. The number of nitrogens with zero attached hydrogens (tertiary/aromatic N) is 3. The van der Waals surface area contributed by atoms with E-state index in [0.29, 0.717) is 17.0 Å². The largest absolute Gasteiger partial charge is 0.441 e. The Labute approximate surface area is 108 Å².